The molecule has 1 aliphatic rings. The number of carbonyl (C=O) groups is 3. The van der Waals surface area contributed by atoms with Crippen LogP contribution in [0.4, 0.5) is 5.69 Å². The van der Waals surface area contributed by atoms with E-state index < -0.39 is 5.91 Å². The maximum atomic E-state index is 12.7. The summed E-state index contributed by atoms with van der Waals surface area (Å²) in [6.07, 6.45) is 0. The van der Waals surface area contributed by atoms with Crippen molar-refractivity contribution < 1.29 is 14.4 Å². The zero-order valence-electron chi connectivity index (χ0n) is 19.6. The third-order valence-corrected chi connectivity index (χ3v) is 5.91. The van der Waals surface area contributed by atoms with Crippen LogP contribution in [0.5, 0.6) is 0 Å². The van der Waals surface area contributed by atoms with Crippen molar-refractivity contribution in [1.82, 2.24) is 14.7 Å². The molecule has 0 spiro atoms. The predicted octanol–water partition coefficient (Wildman–Crippen LogP) is 1.62. The number of hydrogen-bond donors (Lipinski definition) is 2. The quantitative estimate of drug-likeness (QED) is 0.636. The van der Waals surface area contributed by atoms with E-state index in [-0.39, 0.29) is 18.4 Å². The second kappa shape index (κ2) is 11.1. The molecule has 176 valence electrons. The van der Waals surface area contributed by atoms with Gasteiger partial charge in [0.1, 0.15) is 0 Å². The molecule has 0 aromatic heterocycles. The Balaban J connectivity index is 1.43. The molecule has 3 N–H and O–H groups in total. The molecule has 1 heterocycles. The van der Waals surface area contributed by atoms with Crippen molar-refractivity contribution in [2.45, 2.75) is 20.4 Å². The number of hydrogen-bond acceptors (Lipinski definition) is 5. The van der Waals surface area contributed by atoms with Gasteiger partial charge in [-0.1, -0.05) is 30.3 Å². The molecular formula is C25H33N5O3. The lowest BCUT2D eigenvalue weighted by Gasteiger charge is -2.35. The van der Waals surface area contributed by atoms with Gasteiger partial charge in [0.15, 0.2) is 0 Å². The van der Waals surface area contributed by atoms with E-state index in [0.717, 1.165) is 22.4 Å². The Kier molecular flexibility index (Phi) is 8.19. The predicted molar refractivity (Wildman–Crippen MR) is 129 cm³/mol. The summed E-state index contributed by atoms with van der Waals surface area (Å²) in [5.41, 5.74) is 9.70. The van der Waals surface area contributed by atoms with Crippen LogP contribution in [0.1, 0.15) is 27.0 Å². The van der Waals surface area contributed by atoms with Gasteiger partial charge < -0.3 is 16.0 Å². The number of primary amides is 1. The summed E-state index contributed by atoms with van der Waals surface area (Å²) in [6.45, 7) is 7.63. The number of piperazine rings is 1. The number of anilines is 1. The highest BCUT2D eigenvalue weighted by Gasteiger charge is 2.23. The van der Waals surface area contributed by atoms with Crippen LogP contribution in [0.15, 0.2) is 42.5 Å². The molecule has 3 amide bonds. The highest BCUT2D eigenvalue weighted by atomic mass is 16.2. The van der Waals surface area contributed by atoms with Crippen LogP contribution in [-0.4, -0.2) is 78.7 Å². The largest absolute Gasteiger partial charge is 0.366 e. The minimum absolute atomic E-state index is 0.0369. The van der Waals surface area contributed by atoms with E-state index in [1.165, 1.54) is 0 Å². The SMILES string of the molecule is Cc1cccc(C)c1NC(=O)CN1CCN(C(=O)CN(C)Cc2cccc(C(N)=O)c2)CC1. The average molecular weight is 452 g/mol. The normalized spacial score (nSPS) is 14.4. The Bertz CT molecular complexity index is 995. The molecule has 1 aliphatic heterocycles. The highest BCUT2D eigenvalue weighted by molar-refractivity contribution is 5.94. The van der Waals surface area contributed by atoms with Crippen LogP contribution < -0.4 is 11.1 Å². The molecule has 2 aromatic rings. The molecule has 0 aliphatic carbocycles. The average Bonchev–Trinajstić information content (AvgIpc) is 2.77. The fourth-order valence-corrected chi connectivity index (χ4v) is 4.07. The van der Waals surface area contributed by atoms with Gasteiger partial charge in [-0.15, -0.1) is 0 Å². The molecule has 0 radical (unpaired) electrons. The first kappa shape index (κ1) is 24.4. The summed E-state index contributed by atoms with van der Waals surface area (Å²) in [7, 11) is 1.88. The van der Waals surface area contributed by atoms with E-state index in [0.29, 0.717) is 44.8 Å². The van der Waals surface area contributed by atoms with Gasteiger partial charge in [0.2, 0.25) is 17.7 Å². The minimum Gasteiger partial charge on any atom is -0.366 e. The van der Waals surface area contributed by atoms with Crippen molar-refractivity contribution in [3.05, 3.63) is 64.7 Å². The fraction of sp³-hybridized carbons (Fsp3) is 0.400. The molecule has 1 fully saturated rings. The van der Waals surface area contributed by atoms with Crippen molar-refractivity contribution in [1.29, 1.82) is 0 Å². The maximum absolute atomic E-state index is 12.7. The third kappa shape index (κ3) is 6.87. The molecule has 8 nitrogen and oxygen atoms in total. The fourth-order valence-electron chi connectivity index (χ4n) is 4.07. The Morgan fingerprint density at radius 1 is 1.00 bits per heavy atom. The molecule has 0 atom stereocenters. The summed E-state index contributed by atoms with van der Waals surface area (Å²) < 4.78 is 0. The van der Waals surface area contributed by atoms with Crippen LogP contribution in [0, 0.1) is 13.8 Å². The summed E-state index contributed by atoms with van der Waals surface area (Å²) in [6, 6.07) is 13.1. The molecule has 8 heteroatoms. The first-order valence-electron chi connectivity index (χ1n) is 11.2. The van der Waals surface area contributed by atoms with Crippen LogP contribution >= 0.6 is 0 Å². The molecule has 0 unspecified atom stereocenters. The zero-order valence-corrected chi connectivity index (χ0v) is 19.6. The van der Waals surface area contributed by atoms with Gasteiger partial charge in [0, 0.05) is 44.0 Å². The van der Waals surface area contributed by atoms with Crippen LogP contribution in [0.25, 0.3) is 0 Å². The van der Waals surface area contributed by atoms with Gasteiger partial charge in [-0.2, -0.15) is 0 Å². The van der Waals surface area contributed by atoms with Crippen LogP contribution in [0.2, 0.25) is 0 Å². The summed E-state index contributed by atoms with van der Waals surface area (Å²) >= 11 is 0. The Labute approximate surface area is 195 Å². The standard InChI is InChI=1S/C25H33N5O3/c1-18-6-4-7-19(2)24(18)27-22(31)16-29-10-12-30(13-11-29)23(32)17-28(3)15-20-8-5-9-21(14-20)25(26)33/h4-9,14H,10-13,15-17H2,1-3H3,(H2,26,33)(H,27,31). The number of nitrogens with two attached hydrogens (primary N) is 1. The highest BCUT2D eigenvalue weighted by Crippen LogP contribution is 2.19. The van der Waals surface area contributed by atoms with Crippen molar-refractivity contribution in [3.63, 3.8) is 0 Å². The number of likely N-dealkylation sites (N-methyl/N-ethyl adjacent to an activating group) is 1. The summed E-state index contributed by atoms with van der Waals surface area (Å²) in [4.78, 5) is 42.4. The number of nitrogens with zero attached hydrogens (tertiary/aromatic N) is 3. The van der Waals surface area contributed by atoms with E-state index in [1.807, 2.05) is 55.0 Å². The molecule has 1 saturated heterocycles. The maximum Gasteiger partial charge on any atom is 0.248 e. The first-order valence-corrected chi connectivity index (χ1v) is 11.2. The van der Waals surface area contributed by atoms with Crippen molar-refractivity contribution in [2.75, 3.05) is 51.6 Å². The second-order valence-electron chi connectivity index (χ2n) is 8.71. The second-order valence-corrected chi connectivity index (χ2v) is 8.71. The minimum atomic E-state index is -0.462. The Morgan fingerprint density at radius 2 is 1.64 bits per heavy atom. The lowest BCUT2D eigenvalue weighted by Crippen LogP contribution is -2.52. The first-order chi connectivity index (χ1) is 15.7. The van der Waals surface area contributed by atoms with Gasteiger partial charge in [0.25, 0.3) is 0 Å². The van der Waals surface area contributed by atoms with Gasteiger partial charge in [0.05, 0.1) is 13.1 Å². The van der Waals surface area contributed by atoms with Crippen molar-refractivity contribution in [3.8, 4) is 0 Å². The topological polar surface area (TPSA) is 99.0 Å². The molecule has 33 heavy (non-hydrogen) atoms. The van der Waals surface area contributed by atoms with Gasteiger partial charge in [-0.3, -0.25) is 24.2 Å². The lowest BCUT2D eigenvalue weighted by atomic mass is 10.1. The summed E-state index contributed by atoms with van der Waals surface area (Å²) in [5, 5.41) is 3.02. The van der Waals surface area contributed by atoms with Crippen molar-refractivity contribution >= 4 is 23.4 Å². The van der Waals surface area contributed by atoms with Crippen LogP contribution in [0.3, 0.4) is 0 Å². The number of aryl methyl sites for hydroxylation is 2. The Hall–Kier alpha value is -3.23. The number of amides is 3. The lowest BCUT2D eigenvalue weighted by molar-refractivity contribution is -0.134. The Morgan fingerprint density at radius 3 is 2.27 bits per heavy atom. The number of carbonyl (C=O) groups excluding carboxylic acids is 3. The van der Waals surface area contributed by atoms with Crippen LogP contribution in [-0.2, 0) is 16.1 Å². The molecule has 3 rings (SSSR count). The molecule has 0 bridgehead atoms. The van der Waals surface area contributed by atoms with Gasteiger partial charge >= 0.3 is 0 Å². The number of rotatable bonds is 8. The summed E-state index contributed by atoms with van der Waals surface area (Å²) in [5.74, 6) is -0.440. The molecule has 0 saturated carbocycles. The number of benzene rings is 2. The smallest absolute Gasteiger partial charge is 0.248 e. The zero-order chi connectivity index (χ0) is 24.0. The third-order valence-electron chi connectivity index (χ3n) is 5.91. The number of para-hydroxylation sites is 1. The van der Waals surface area contributed by atoms with E-state index in [1.54, 1.807) is 18.2 Å². The monoisotopic (exact) mass is 451 g/mol. The van der Waals surface area contributed by atoms with E-state index in [2.05, 4.69) is 10.2 Å². The molecule has 2 aromatic carbocycles. The van der Waals surface area contributed by atoms with E-state index >= 15 is 0 Å². The van der Waals surface area contributed by atoms with E-state index in [4.69, 9.17) is 5.73 Å². The number of nitrogens with one attached hydrogen (secondary N) is 1. The van der Waals surface area contributed by atoms with E-state index in [9.17, 15) is 14.4 Å². The van der Waals surface area contributed by atoms with Gasteiger partial charge in [-0.05, 0) is 49.7 Å². The van der Waals surface area contributed by atoms with Crippen molar-refractivity contribution in [2.24, 2.45) is 5.73 Å². The molecular weight excluding hydrogens is 418 g/mol. The van der Waals surface area contributed by atoms with Gasteiger partial charge in [-0.25, -0.2) is 0 Å².